The highest BCUT2D eigenvalue weighted by atomic mass is 35.5. The number of anilines is 1. The molecule has 0 aliphatic rings. The molecule has 0 fully saturated rings. The number of thiazole rings is 1. The van der Waals surface area contributed by atoms with Crippen LogP contribution in [-0.2, 0) is 11.3 Å². The highest BCUT2D eigenvalue weighted by Crippen LogP contribution is 2.22. The lowest BCUT2D eigenvalue weighted by atomic mass is 10.2. The van der Waals surface area contributed by atoms with Gasteiger partial charge >= 0.3 is 4.87 Å². The number of halogens is 1. The van der Waals surface area contributed by atoms with Crippen molar-refractivity contribution in [2.24, 2.45) is 0 Å². The number of carbonyl (C=O) groups excluding carboxylic acids is 1. The topological polar surface area (TPSA) is 51.1 Å². The van der Waals surface area contributed by atoms with Crippen LogP contribution in [-0.4, -0.2) is 10.5 Å². The molecule has 0 atom stereocenters. The van der Waals surface area contributed by atoms with E-state index in [1.165, 1.54) is 17.4 Å². The van der Waals surface area contributed by atoms with Gasteiger partial charge in [0.15, 0.2) is 0 Å². The van der Waals surface area contributed by atoms with Gasteiger partial charge in [0.1, 0.15) is 0 Å². The molecule has 0 saturated carbocycles. The Morgan fingerprint density at radius 1 is 1.29 bits per heavy atom. The van der Waals surface area contributed by atoms with E-state index in [1.807, 2.05) is 37.3 Å². The average Bonchev–Trinajstić information content (AvgIpc) is 2.88. The molecule has 4 nitrogen and oxygen atoms in total. The van der Waals surface area contributed by atoms with Gasteiger partial charge in [-0.1, -0.05) is 41.1 Å². The smallest absolute Gasteiger partial charge is 0.308 e. The molecule has 1 heterocycles. The Morgan fingerprint density at radius 2 is 2.08 bits per heavy atom. The van der Waals surface area contributed by atoms with Crippen molar-refractivity contribution in [2.45, 2.75) is 13.5 Å². The monoisotopic (exact) mass is 358 g/mol. The third-order valence-electron chi connectivity index (χ3n) is 3.57. The zero-order chi connectivity index (χ0) is 17.1. The van der Waals surface area contributed by atoms with Crippen molar-refractivity contribution in [3.63, 3.8) is 0 Å². The predicted octanol–water partition coefficient (Wildman–Crippen LogP) is 4.39. The second-order valence-corrected chi connectivity index (χ2v) is 6.54. The molecule has 24 heavy (non-hydrogen) atoms. The van der Waals surface area contributed by atoms with E-state index in [0.717, 1.165) is 15.8 Å². The number of hydrogen-bond acceptors (Lipinski definition) is 3. The molecular formula is C18H15ClN2O2S. The van der Waals surface area contributed by atoms with Gasteiger partial charge in [-0.2, -0.15) is 0 Å². The number of rotatable bonds is 4. The van der Waals surface area contributed by atoms with E-state index < -0.39 is 0 Å². The first-order chi connectivity index (χ1) is 11.6. The number of aryl methyl sites for hydroxylation is 1. The molecule has 3 aromatic rings. The van der Waals surface area contributed by atoms with Gasteiger partial charge in [-0.05, 0) is 42.8 Å². The van der Waals surface area contributed by atoms with Crippen LogP contribution in [0.25, 0.3) is 16.3 Å². The van der Waals surface area contributed by atoms with Gasteiger partial charge < -0.3 is 5.32 Å². The zero-order valence-corrected chi connectivity index (χ0v) is 14.5. The Bertz CT molecular complexity index is 988. The van der Waals surface area contributed by atoms with E-state index in [-0.39, 0.29) is 10.8 Å². The lowest BCUT2D eigenvalue weighted by Crippen LogP contribution is -2.10. The number of hydrogen-bond donors (Lipinski definition) is 1. The van der Waals surface area contributed by atoms with E-state index in [9.17, 15) is 9.59 Å². The number of amides is 1. The third-order valence-corrected chi connectivity index (χ3v) is 4.86. The first-order valence-corrected chi connectivity index (χ1v) is 8.65. The van der Waals surface area contributed by atoms with Crippen molar-refractivity contribution >= 4 is 50.8 Å². The van der Waals surface area contributed by atoms with Crippen LogP contribution in [0.15, 0.2) is 53.3 Å². The normalized spacial score (nSPS) is 11.2. The summed E-state index contributed by atoms with van der Waals surface area (Å²) in [4.78, 5) is 23.9. The Balaban J connectivity index is 1.78. The van der Waals surface area contributed by atoms with Gasteiger partial charge in [0, 0.05) is 23.3 Å². The van der Waals surface area contributed by atoms with Crippen molar-refractivity contribution in [1.82, 2.24) is 4.57 Å². The van der Waals surface area contributed by atoms with E-state index in [1.54, 1.807) is 22.8 Å². The first-order valence-electron chi connectivity index (χ1n) is 7.45. The maximum absolute atomic E-state index is 12.1. The highest BCUT2D eigenvalue weighted by Gasteiger charge is 2.07. The van der Waals surface area contributed by atoms with Gasteiger partial charge in [-0.15, -0.1) is 0 Å². The zero-order valence-electron chi connectivity index (χ0n) is 13.0. The molecule has 0 unspecified atom stereocenters. The molecule has 0 aliphatic heterocycles. The fourth-order valence-corrected chi connectivity index (χ4v) is 3.60. The minimum Gasteiger partial charge on any atom is -0.322 e. The summed E-state index contributed by atoms with van der Waals surface area (Å²) in [7, 11) is 0. The van der Waals surface area contributed by atoms with Crippen LogP contribution >= 0.6 is 22.9 Å². The average molecular weight is 359 g/mol. The molecule has 0 aliphatic carbocycles. The molecule has 1 amide bonds. The van der Waals surface area contributed by atoms with Crippen LogP contribution in [0.1, 0.15) is 12.5 Å². The fourth-order valence-electron chi connectivity index (χ4n) is 2.40. The molecule has 3 rings (SSSR count). The summed E-state index contributed by atoms with van der Waals surface area (Å²) in [6.45, 7) is 2.56. The largest absolute Gasteiger partial charge is 0.322 e. The molecule has 0 bridgehead atoms. The maximum Gasteiger partial charge on any atom is 0.308 e. The van der Waals surface area contributed by atoms with Gasteiger partial charge in [-0.25, -0.2) is 0 Å². The Kier molecular flexibility index (Phi) is 4.83. The standard InChI is InChI=1S/C18H15ClN2O2S/c1-2-21-15-9-8-13(11-16(15)24-18(21)23)20-17(22)10-7-12-5-3-4-6-14(12)19/h3-11H,2H2,1H3,(H,20,22)/b10-7+. The highest BCUT2D eigenvalue weighted by molar-refractivity contribution is 7.16. The molecule has 2 aromatic carbocycles. The number of nitrogens with one attached hydrogen (secondary N) is 1. The molecular weight excluding hydrogens is 344 g/mol. The number of nitrogens with zero attached hydrogens (tertiary/aromatic N) is 1. The van der Waals surface area contributed by atoms with Gasteiger partial charge in [0.2, 0.25) is 5.91 Å². The fraction of sp³-hybridized carbons (Fsp3) is 0.111. The van der Waals surface area contributed by atoms with E-state index in [2.05, 4.69) is 5.32 Å². The molecule has 0 radical (unpaired) electrons. The summed E-state index contributed by atoms with van der Waals surface area (Å²) >= 11 is 7.23. The predicted molar refractivity (Wildman–Crippen MR) is 101 cm³/mol. The quantitative estimate of drug-likeness (QED) is 0.703. The summed E-state index contributed by atoms with van der Waals surface area (Å²) in [6, 6.07) is 12.8. The SMILES string of the molecule is CCn1c(=O)sc2cc(NC(=O)/C=C/c3ccccc3Cl)ccc21. The van der Waals surface area contributed by atoms with Crippen molar-refractivity contribution in [1.29, 1.82) is 0 Å². The van der Waals surface area contributed by atoms with E-state index in [4.69, 9.17) is 11.6 Å². The summed E-state index contributed by atoms with van der Waals surface area (Å²) in [5, 5.41) is 3.39. The van der Waals surface area contributed by atoms with E-state index >= 15 is 0 Å². The van der Waals surface area contributed by atoms with Crippen LogP contribution < -0.4 is 10.2 Å². The molecule has 0 saturated heterocycles. The molecule has 122 valence electrons. The van der Waals surface area contributed by atoms with Crippen molar-refractivity contribution in [3.8, 4) is 0 Å². The van der Waals surface area contributed by atoms with Gasteiger partial charge in [0.25, 0.3) is 0 Å². The van der Waals surface area contributed by atoms with Crippen molar-refractivity contribution in [2.75, 3.05) is 5.32 Å². The van der Waals surface area contributed by atoms with Crippen LogP contribution in [0, 0.1) is 0 Å². The molecule has 1 N–H and O–H groups in total. The number of carbonyl (C=O) groups is 1. The van der Waals surface area contributed by atoms with Crippen LogP contribution in [0.5, 0.6) is 0 Å². The Morgan fingerprint density at radius 3 is 2.83 bits per heavy atom. The maximum atomic E-state index is 12.1. The van der Waals surface area contributed by atoms with Crippen LogP contribution in [0.3, 0.4) is 0 Å². The van der Waals surface area contributed by atoms with Crippen LogP contribution in [0.2, 0.25) is 5.02 Å². The third kappa shape index (κ3) is 3.42. The lowest BCUT2D eigenvalue weighted by Gasteiger charge is -2.03. The minimum absolute atomic E-state index is 0.00888. The number of benzene rings is 2. The summed E-state index contributed by atoms with van der Waals surface area (Å²) in [5.74, 6) is -0.253. The number of aromatic nitrogens is 1. The Hall–Kier alpha value is -2.37. The summed E-state index contributed by atoms with van der Waals surface area (Å²) in [6.07, 6.45) is 3.10. The van der Waals surface area contributed by atoms with Crippen molar-refractivity contribution in [3.05, 3.63) is 68.8 Å². The summed E-state index contributed by atoms with van der Waals surface area (Å²) < 4.78 is 2.57. The van der Waals surface area contributed by atoms with Gasteiger partial charge in [-0.3, -0.25) is 14.2 Å². The first kappa shape index (κ1) is 16.5. The molecule has 6 heteroatoms. The van der Waals surface area contributed by atoms with Gasteiger partial charge in [0.05, 0.1) is 10.2 Å². The van der Waals surface area contributed by atoms with Crippen LogP contribution in [0.4, 0.5) is 5.69 Å². The minimum atomic E-state index is -0.253. The second-order valence-electron chi connectivity index (χ2n) is 5.14. The molecule has 0 spiro atoms. The lowest BCUT2D eigenvalue weighted by molar-refractivity contribution is -0.111. The van der Waals surface area contributed by atoms with E-state index in [0.29, 0.717) is 17.3 Å². The molecule has 1 aromatic heterocycles. The van der Waals surface area contributed by atoms with Crippen molar-refractivity contribution < 1.29 is 4.79 Å². The second kappa shape index (κ2) is 7.03. The summed E-state index contributed by atoms with van der Waals surface area (Å²) in [5.41, 5.74) is 2.32. The number of fused-ring (bicyclic) bond motifs is 1. The Labute approximate surface area is 148 Å².